The van der Waals surface area contributed by atoms with Crippen LogP contribution in [0.1, 0.15) is 5.56 Å². The number of nitrogens with zero attached hydrogens (tertiary/aromatic N) is 3. The molecule has 2 aromatic rings. The third-order valence-electron chi connectivity index (χ3n) is 4.90. The molecule has 0 aromatic heterocycles. The van der Waals surface area contributed by atoms with Crippen LogP contribution in [0.2, 0.25) is 0 Å². The Labute approximate surface area is 188 Å². The molecule has 0 unspecified atom stereocenters. The number of piperazine rings is 1. The standard InChI is InChI=1S/C21H27FN4O2.HI/c1-23-21(24-15-16-5-4-6-19(27-2)20(16)28-3)26-13-11-25(12-14-26)18-9-7-17(22)8-10-18;/h4-10H,11-15H2,1-3H3,(H,23,24);1H. The number of methoxy groups -OCH3 is 2. The van der Waals surface area contributed by atoms with Crippen LogP contribution in [0.25, 0.3) is 0 Å². The Morgan fingerprint density at radius 3 is 2.31 bits per heavy atom. The molecule has 1 saturated heterocycles. The van der Waals surface area contributed by atoms with E-state index in [1.807, 2.05) is 30.3 Å². The molecule has 3 rings (SSSR count). The molecule has 0 spiro atoms. The highest BCUT2D eigenvalue weighted by Gasteiger charge is 2.20. The molecule has 0 radical (unpaired) electrons. The van der Waals surface area contributed by atoms with Crippen LogP contribution in [0.15, 0.2) is 47.5 Å². The van der Waals surface area contributed by atoms with E-state index in [2.05, 4.69) is 20.1 Å². The van der Waals surface area contributed by atoms with Gasteiger partial charge in [0.2, 0.25) is 0 Å². The molecule has 0 bridgehead atoms. The number of anilines is 1. The third-order valence-corrected chi connectivity index (χ3v) is 4.90. The fourth-order valence-corrected chi connectivity index (χ4v) is 3.43. The molecule has 0 aliphatic carbocycles. The second-order valence-electron chi connectivity index (χ2n) is 6.50. The van der Waals surface area contributed by atoms with Crippen molar-refractivity contribution in [3.63, 3.8) is 0 Å². The molecular formula is C21H28FIN4O2. The number of benzene rings is 2. The summed E-state index contributed by atoms with van der Waals surface area (Å²) in [5.74, 6) is 2.09. The maximum absolute atomic E-state index is 13.1. The number of halogens is 2. The summed E-state index contributed by atoms with van der Waals surface area (Å²) >= 11 is 0. The highest BCUT2D eigenvalue weighted by Crippen LogP contribution is 2.30. The molecule has 1 aliphatic heterocycles. The minimum atomic E-state index is -0.208. The van der Waals surface area contributed by atoms with Gasteiger partial charge in [-0.3, -0.25) is 4.99 Å². The molecule has 158 valence electrons. The molecule has 1 aliphatic rings. The van der Waals surface area contributed by atoms with Crippen LogP contribution in [-0.2, 0) is 6.54 Å². The molecule has 0 amide bonds. The molecule has 1 heterocycles. The summed E-state index contributed by atoms with van der Waals surface area (Å²) in [5, 5.41) is 3.42. The van der Waals surface area contributed by atoms with Crippen molar-refractivity contribution in [2.24, 2.45) is 4.99 Å². The monoisotopic (exact) mass is 514 g/mol. The van der Waals surface area contributed by atoms with Gasteiger partial charge in [0, 0.05) is 51.0 Å². The maximum atomic E-state index is 13.1. The second kappa shape index (κ2) is 11.1. The largest absolute Gasteiger partial charge is 0.493 e. The lowest BCUT2D eigenvalue weighted by Gasteiger charge is -2.37. The van der Waals surface area contributed by atoms with E-state index < -0.39 is 0 Å². The zero-order chi connectivity index (χ0) is 19.9. The highest BCUT2D eigenvalue weighted by molar-refractivity contribution is 14.0. The number of ether oxygens (including phenoxy) is 2. The first-order valence-electron chi connectivity index (χ1n) is 9.32. The molecule has 6 nitrogen and oxygen atoms in total. The lowest BCUT2D eigenvalue weighted by Crippen LogP contribution is -2.52. The normalized spacial score (nSPS) is 14.3. The van der Waals surface area contributed by atoms with Gasteiger partial charge in [-0.1, -0.05) is 12.1 Å². The van der Waals surface area contributed by atoms with E-state index in [-0.39, 0.29) is 29.8 Å². The van der Waals surface area contributed by atoms with Crippen LogP contribution in [0.5, 0.6) is 11.5 Å². The molecule has 0 saturated carbocycles. The summed E-state index contributed by atoms with van der Waals surface area (Å²) in [6, 6.07) is 12.5. The highest BCUT2D eigenvalue weighted by atomic mass is 127. The van der Waals surface area contributed by atoms with Gasteiger partial charge in [0.05, 0.1) is 14.2 Å². The van der Waals surface area contributed by atoms with E-state index in [0.717, 1.165) is 49.1 Å². The predicted octanol–water partition coefficient (Wildman–Crippen LogP) is 3.36. The number of nitrogens with one attached hydrogen (secondary N) is 1. The van der Waals surface area contributed by atoms with Gasteiger partial charge in [0.15, 0.2) is 17.5 Å². The molecular weight excluding hydrogens is 486 g/mol. The Balaban J connectivity index is 0.00000300. The van der Waals surface area contributed by atoms with Gasteiger partial charge in [-0.25, -0.2) is 4.39 Å². The van der Waals surface area contributed by atoms with Crippen molar-refractivity contribution < 1.29 is 13.9 Å². The first kappa shape index (κ1) is 23.1. The minimum Gasteiger partial charge on any atom is -0.493 e. The number of guanidine groups is 1. The predicted molar refractivity (Wildman–Crippen MR) is 125 cm³/mol. The molecule has 29 heavy (non-hydrogen) atoms. The van der Waals surface area contributed by atoms with Crippen molar-refractivity contribution in [1.29, 1.82) is 0 Å². The number of hydrogen-bond donors (Lipinski definition) is 1. The number of para-hydroxylation sites is 1. The Morgan fingerprint density at radius 2 is 1.72 bits per heavy atom. The van der Waals surface area contributed by atoms with Gasteiger partial charge >= 0.3 is 0 Å². The van der Waals surface area contributed by atoms with E-state index in [1.54, 1.807) is 21.3 Å². The fourth-order valence-electron chi connectivity index (χ4n) is 3.43. The first-order valence-corrected chi connectivity index (χ1v) is 9.32. The van der Waals surface area contributed by atoms with Crippen molar-refractivity contribution in [3.8, 4) is 11.5 Å². The fraction of sp³-hybridized carbons (Fsp3) is 0.381. The smallest absolute Gasteiger partial charge is 0.194 e. The molecule has 1 N–H and O–H groups in total. The van der Waals surface area contributed by atoms with Gasteiger partial charge in [0.1, 0.15) is 5.82 Å². The van der Waals surface area contributed by atoms with Gasteiger partial charge in [0.25, 0.3) is 0 Å². The molecule has 8 heteroatoms. The molecule has 0 atom stereocenters. The van der Waals surface area contributed by atoms with Gasteiger partial charge in [-0.05, 0) is 30.3 Å². The van der Waals surface area contributed by atoms with Gasteiger partial charge in [-0.2, -0.15) is 0 Å². The number of aliphatic imine (C=N–C) groups is 1. The third kappa shape index (κ3) is 5.65. The summed E-state index contributed by atoms with van der Waals surface area (Å²) < 4.78 is 24.0. The van der Waals surface area contributed by atoms with Gasteiger partial charge in [-0.15, -0.1) is 24.0 Å². The van der Waals surface area contributed by atoms with Crippen molar-refractivity contribution in [1.82, 2.24) is 10.2 Å². The van der Waals surface area contributed by atoms with Crippen LogP contribution >= 0.6 is 24.0 Å². The topological polar surface area (TPSA) is 49.3 Å². The van der Waals surface area contributed by atoms with Crippen molar-refractivity contribution in [2.75, 3.05) is 52.3 Å². The van der Waals surface area contributed by atoms with Crippen LogP contribution in [0.3, 0.4) is 0 Å². The maximum Gasteiger partial charge on any atom is 0.194 e. The number of rotatable bonds is 5. The average Bonchev–Trinajstić information content (AvgIpc) is 2.75. The number of hydrogen-bond acceptors (Lipinski definition) is 4. The van der Waals surface area contributed by atoms with Crippen molar-refractivity contribution in [2.45, 2.75) is 6.54 Å². The Hall–Kier alpha value is -2.23. The lowest BCUT2D eigenvalue weighted by molar-refractivity contribution is 0.350. The molecule has 1 fully saturated rings. The summed E-state index contributed by atoms with van der Waals surface area (Å²) in [4.78, 5) is 8.91. The summed E-state index contributed by atoms with van der Waals surface area (Å²) in [6.07, 6.45) is 0. The van der Waals surface area contributed by atoms with E-state index in [4.69, 9.17) is 9.47 Å². The van der Waals surface area contributed by atoms with Crippen molar-refractivity contribution in [3.05, 3.63) is 53.8 Å². The zero-order valence-corrected chi connectivity index (χ0v) is 19.4. The lowest BCUT2D eigenvalue weighted by atomic mass is 10.2. The Kier molecular flexibility index (Phi) is 8.81. The van der Waals surface area contributed by atoms with Crippen molar-refractivity contribution >= 4 is 35.6 Å². The van der Waals surface area contributed by atoms with E-state index in [9.17, 15) is 4.39 Å². The van der Waals surface area contributed by atoms with E-state index >= 15 is 0 Å². The average molecular weight is 514 g/mol. The SMILES string of the molecule is CN=C(NCc1cccc(OC)c1OC)N1CCN(c2ccc(F)cc2)CC1.I. The van der Waals surface area contributed by atoms with E-state index in [1.165, 1.54) is 12.1 Å². The summed E-state index contributed by atoms with van der Waals surface area (Å²) in [6.45, 7) is 3.98. The van der Waals surface area contributed by atoms with E-state index in [0.29, 0.717) is 12.3 Å². The van der Waals surface area contributed by atoms with Crippen LogP contribution in [0.4, 0.5) is 10.1 Å². The molecule has 2 aromatic carbocycles. The summed E-state index contributed by atoms with van der Waals surface area (Å²) in [5.41, 5.74) is 2.05. The Bertz CT molecular complexity index is 809. The first-order chi connectivity index (χ1) is 13.7. The zero-order valence-electron chi connectivity index (χ0n) is 17.0. The van der Waals surface area contributed by atoms with Gasteiger partial charge < -0.3 is 24.6 Å². The second-order valence-corrected chi connectivity index (χ2v) is 6.50. The Morgan fingerprint density at radius 1 is 1.03 bits per heavy atom. The summed E-state index contributed by atoms with van der Waals surface area (Å²) in [7, 11) is 5.07. The van der Waals surface area contributed by atoms with Crippen LogP contribution in [-0.4, -0.2) is 58.3 Å². The quantitative estimate of drug-likeness (QED) is 0.377. The minimum absolute atomic E-state index is 0. The van der Waals surface area contributed by atoms with Crippen LogP contribution in [0, 0.1) is 5.82 Å². The van der Waals surface area contributed by atoms with Crippen LogP contribution < -0.4 is 19.7 Å².